The van der Waals surface area contributed by atoms with Crippen LogP contribution in [0.4, 0.5) is 20.9 Å². The zero-order valence-electron chi connectivity index (χ0n) is 29.7. The van der Waals surface area contributed by atoms with Gasteiger partial charge in [0, 0.05) is 35.0 Å². The Balaban J connectivity index is 0.841. The molecule has 3 aromatic carbocycles. The van der Waals surface area contributed by atoms with Crippen molar-refractivity contribution in [3.8, 4) is 17.0 Å². The highest BCUT2D eigenvalue weighted by Crippen LogP contribution is 2.35. The van der Waals surface area contributed by atoms with Crippen LogP contribution < -0.4 is 26.0 Å². The molecule has 3 aliphatic rings. The number of benzene rings is 3. The number of aromatic nitrogens is 1. The number of amides is 6. The molecule has 6 amide bonds. The number of thiazole rings is 1. The number of fused-ring (bicyclic) bond motifs is 1. The maximum absolute atomic E-state index is 14.8. The van der Waals surface area contributed by atoms with Gasteiger partial charge in [0.15, 0.2) is 5.13 Å². The van der Waals surface area contributed by atoms with Crippen molar-refractivity contribution < 1.29 is 42.6 Å². The average Bonchev–Trinajstić information content (AvgIpc) is 3.90. The molecule has 1 saturated heterocycles. The molecule has 16 heteroatoms. The second-order valence-corrected chi connectivity index (χ2v) is 14.5. The molecule has 0 bridgehead atoms. The Labute approximate surface area is 318 Å². The fourth-order valence-electron chi connectivity index (χ4n) is 6.40. The molecule has 2 fully saturated rings. The van der Waals surface area contributed by atoms with Gasteiger partial charge in [-0.3, -0.25) is 39.0 Å². The van der Waals surface area contributed by atoms with Crippen LogP contribution in [0.15, 0.2) is 60.7 Å². The van der Waals surface area contributed by atoms with Gasteiger partial charge in [-0.2, -0.15) is 0 Å². The van der Waals surface area contributed by atoms with Crippen LogP contribution in [0.25, 0.3) is 11.3 Å². The van der Waals surface area contributed by atoms with Crippen molar-refractivity contribution >= 4 is 63.3 Å². The topological polar surface area (TPSA) is 185 Å². The Morgan fingerprint density at radius 2 is 1.76 bits per heavy atom. The van der Waals surface area contributed by atoms with Gasteiger partial charge >= 0.3 is 0 Å². The predicted molar refractivity (Wildman–Crippen MR) is 200 cm³/mol. The summed E-state index contributed by atoms with van der Waals surface area (Å²) in [7, 11) is 0. The molecule has 284 valence electrons. The summed E-state index contributed by atoms with van der Waals surface area (Å²) < 4.78 is 26.3. The van der Waals surface area contributed by atoms with Gasteiger partial charge in [0.2, 0.25) is 23.6 Å². The number of carbonyl (C=O) groups excluding carboxylic acids is 6. The fourth-order valence-corrected chi connectivity index (χ4v) is 7.25. The lowest BCUT2D eigenvalue weighted by Gasteiger charge is -2.27. The van der Waals surface area contributed by atoms with E-state index in [9.17, 15) is 33.2 Å². The molecule has 7 rings (SSSR count). The van der Waals surface area contributed by atoms with Crippen molar-refractivity contribution in [2.24, 2.45) is 5.92 Å². The Morgan fingerprint density at radius 3 is 2.55 bits per heavy atom. The Hall–Kier alpha value is -6.00. The van der Waals surface area contributed by atoms with Crippen LogP contribution >= 0.6 is 11.3 Å². The zero-order chi connectivity index (χ0) is 38.6. The highest BCUT2D eigenvalue weighted by molar-refractivity contribution is 7.16. The monoisotopic (exact) mass is 768 g/mol. The van der Waals surface area contributed by atoms with Crippen molar-refractivity contribution in [3.05, 3.63) is 88.0 Å². The number of hydrogen-bond donors (Lipinski definition) is 4. The first-order valence-corrected chi connectivity index (χ1v) is 18.6. The summed E-state index contributed by atoms with van der Waals surface area (Å²) in [6, 6.07) is 15.5. The quantitative estimate of drug-likeness (QED) is 0.0977. The number of hydrogen-bond acceptors (Lipinski definition) is 11. The normalized spacial score (nSPS) is 16.5. The van der Waals surface area contributed by atoms with Crippen molar-refractivity contribution in [2.45, 2.75) is 45.1 Å². The number of piperidine rings is 1. The summed E-state index contributed by atoms with van der Waals surface area (Å²) >= 11 is 1.28. The molecule has 1 saturated carbocycles. The number of ether oxygens (including phenoxy) is 2. The van der Waals surface area contributed by atoms with E-state index >= 15 is 0 Å². The van der Waals surface area contributed by atoms with Gasteiger partial charge in [-0.15, -0.1) is 11.3 Å². The van der Waals surface area contributed by atoms with E-state index in [4.69, 9.17) is 9.47 Å². The van der Waals surface area contributed by atoms with E-state index < -0.39 is 35.5 Å². The van der Waals surface area contributed by atoms with Gasteiger partial charge in [-0.1, -0.05) is 24.3 Å². The lowest BCUT2D eigenvalue weighted by Crippen LogP contribution is -2.54. The number of anilines is 3. The second-order valence-electron chi connectivity index (χ2n) is 13.3. The van der Waals surface area contributed by atoms with Crippen LogP contribution in [0.3, 0.4) is 0 Å². The smallest absolute Gasteiger partial charge is 0.264 e. The Kier molecular flexibility index (Phi) is 11.0. The van der Waals surface area contributed by atoms with Gasteiger partial charge < -0.3 is 25.4 Å². The molecule has 55 heavy (non-hydrogen) atoms. The van der Waals surface area contributed by atoms with Gasteiger partial charge in [0.25, 0.3) is 11.8 Å². The van der Waals surface area contributed by atoms with Crippen LogP contribution in [0, 0.1) is 18.7 Å². The maximum Gasteiger partial charge on any atom is 0.264 e. The Morgan fingerprint density at radius 1 is 0.945 bits per heavy atom. The number of imide groups is 2. The highest BCUT2D eigenvalue weighted by atomic mass is 32.1. The maximum atomic E-state index is 14.8. The molecule has 1 aromatic heterocycles. The summed E-state index contributed by atoms with van der Waals surface area (Å²) in [6.07, 6.45) is 1.84. The molecular weight excluding hydrogens is 732 g/mol. The van der Waals surface area contributed by atoms with Gasteiger partial charge in [0.1, 0.15) is 24.2 Å². The lowest BCUT2D eigenvalue weighted by molar-refractivity contribution is -0.136. The number of halogens is 1. The molecule has 1 unspecified atom stereocenters. The molecule has 4 aromatic rings. The third-order valence-electron chi connectivity index (χ3n) is 9.28. The largest absolute Gasteiger partial charge is 0.491 e. The van der Waals surface area contributed by atoms with Crippen molar-refractivity contribution in [3.63, 3.8) is 0 Å². The molecule has 2 aliphatic heterocycles. The first-order valence-electron chi connectivity index (χ1n) is 17.8. The number of aryl methyl sites for hydroxylation is 1. The predicted octanol–water partition coefficient (Wildman–Crippen LogP) is 4.70. The van der Waals surface area contributed by atoms with Crippen LogP contribution in [0.2, 0.25) is 0 Å². The molecular formula is C39H37FN6O8S. The number of rotatable bonds is 15. The molecule has 3 heterocycles. The number of nitrogens with zero attached hydrogens (tertiary/aromatic N) is 2. The third-order valence-corrected chi connectivity index (χ3v) is 10.2. The molecule has 4 N–H and O–H groups in total. The number of nitrogens with one attached hydrogen (secondary N) is 4. The Bertz CT molecular complexity index is 2200. The van der Waals surface area contributed by atoms with Crippen LogP contribution in [0.1, 0.15) is 56.8 Å². The summed E-state index contributed by atoms with van der Waals surface area (Å²) in [4.78, 5) is 81.4. The van der Waals surface area contributed by atoms with E-state index in [1.54, 1.807) is 36.4 Å². The minimum absolute atomic E-state index is 0.0402. The van der Waals surface area contributed by atoms with Crippen molar-refractivity contribution in [2.75, 3.05) is 42.3 Å². The molecule has 1 atom stereocenters. The standard InChI is InChI=1S/C39H37FN6O8S/c1-21-34(24-10-11-28(27(40)20-24)42-35(49)23-8-9-23)45-39(55-21)44-32(48)19-22-4-2-5-25(18-22)54-17-16-53-15-14-41-29-7-3-6-26-33(29)38(52)46(37(26)51)30-12-13-31(47)43-36(30)50/h2-7,10-11,18,20,23,30,41H,8-9,12-17,19H2,1H3,(H,42,49)(H,43,47,50)(H,44,45,48). The summed E-state index contributed by atoms with van der Waals surface area (Å²) in [5.41, 5.74) is 2.73. The van der Waals surface area contributed by atoms with Crippen molar-refractivity contribution in [1.82, 2.24) is 15.2 Å². The van der Waals surface area contributed by atoms with E-state index in [1.807, 2.05) is 13.0 Å². The first kappa shape index (κ1) is 37.3. The van der Waals surface area contributed by atoms with Gasteiger partial charge in [-0.05, 0) is 68.1 Å². The van der Waals surface area contributed by atoms with Crippen LogP contribution in [-0.4, -0.2) is 77.7 Å². The first-order chi connectivity index (χ1) is 26.5. The van der Waals surface area contributed by atoms with Crippen molar-refractivity contribution in [1.29, 1.82) is 0 Å². The van der Waals surface area contributed by atoms with Gasteiger partial charge in [-0.25, -0.2) is 9.37 Å². The highest BCUT2D eigenvalue weighted by Gasteiger charge is 2.45. The fraction of sp³-hybridized carbons (Fsp3) is 0.308. The molecule has 14 nitrogen and oxygen atoms in total. The summed E-state index contributed by atoms with van der Waals surface area (Å²) in [5, 5.41) is 11.2. The van der Waals surface area contributed by atoms with Crippen LogP contribution in [-0.2, 0) is 30.3 Å². The number of carbonyl (C=O) groups is 6. The minimum Gasteiger partial charge on any atom is -0.491 e. The van der Waals surface area contributed by atoms with E-state index in [2.05, 4.69) is 26.3 Å². The van der Waals surface area contributed by atoms with E-state index in [0.29, 0.717) is 34.4 Å². The van der Waals surface area contributed by atoms with E-state index in [-0.39, 0.29) is 73.6 Å². The zero-order valence-corrected chi connectivity index (χ0v) is 30.6. The lowest BCUT2D eigenvalue weighted by atomic mass is 10.0. The SMILES string of the molecule is Cc1sc(NC(=O)Cc2cccc(OCCOCCNc3cccc4c3C(=O)N(C3CCC(=O)NC3=O)C4=O)c2)nc1-c1ccc(NC(=O)C2CC2)c(F)c1. The molecule has 0 spiro atoms. The van der Waals surface area contributed by atoms with E-state index in [1.165, 1.54) is 29.5 Å². The molecule has 0 radical (unpaired) electrons. The van der Waals surface area contributed by atoms with E-state index in [0.717, 1.165) is 28.2 Å². The third kappa shape index (κ3) is 8.55. The average molecular weight is 769 g/mol. The van der Waals surface area contributed by atoms with Gasteiger partial charge in [0.05, 0.1) is 42.1 Å². The minimum atomic E-state index is -1.04. The summed E-state index contributed by atoms with van der Waals surface area (Å²) in [6.45, 7) is 2.92. The summed E-state index contributed by atoms with van der Waals surface area (Å²) in [5.74, 6) is -2.76. The second kappa shape index (κ2) is 16.2. The molecule has 1 aliphatic carbocycles. The van der Waals surface area contributed by atoms with Crippen LogP contribution in [0.5, 0.6) is 5.75 Å².